The van der Waals surface area contributed by atoms with Crippen LogP contribution in [0.4, 0.5) is 14.5 Å². The van der Waals surface area contributed by atoms with Crippen molar-refractivity contribution in [1.82, 2.24) is 30.1 Å². The summed E-state index contributed by atoms with van der Waals surface area (Å²) in [5.41, 5.74) is 3.48. The molecule has 3 aromatic carbocycles. The molecule has 6 rings (SSSR count). The maximum absolute atomic E-state index is 14.5. The fraction of sp³-hybridized carbons (Fsp3) is 0.241. The Hall–Kier alpha value is -4.44. The zero-order valence-corrected chi connectivity index (χ0v) is 21.4. The molecule has 5 aromatic rings. The van der Waals surface area contributed by atoms with Crippen molar-refractivity contribution >= 4 is 16.6 Å². The van der Waals surface area contributed by atoms with Gasteiger partial charge in [0.25, 0.3) is 5.56 Å². The van der Waals surface area contributed by atoms with E-state index >= 15 is 0 Å². The number of pyridine rings is 1. The number of anilines is 1. The van der Waals surface area contributed by atoms with Gasteiger partial charge in [-0.1, -0.05) is 42.5 Å². The number of benzene rings is 3. The van der Waals surface area contributed by atoms with Crippen LogP contribution in [0.25, 0.3) is 10.9 Å². The highest BCUT2D eigenvalue weighted by atomic mass is 19.1. The summed E-state index contributed by atoms with van der Waals surface area (Å²) in [6.45, 7) is 4.55. The molecule has 1 aliphatic rings. The third-order valence-electron chi connectivity index (χ3n) is 7.33. The monoisotopic (exact) mass is 527 g/mol. The van der Waals surface area contributed by atoms with E-state index in [1.807, 2.05) is 42.2 Å². The Balaban J connectivity index is 1.39. The van der Waals surface area contributed by atoms with Gasteiger partial charge in [-0.25, -0.2) is 13.5 Å². The normalized spacial score (nSPS) is 15.1. The second kappa shape index (κ2) is 10.4. The highest BCUT2D eigenvalue weighted by molar-refractivity contribution is 5.82. The number of rotatable bonds is 6. The van der Waals surface area contributed by atoms with Gasteiger partial charge in [0.15, 0.2) is 5.82 Å². The number of nitrogens with zero attached hydrogens (tertiary/aromatic N) is 6. The molecule has 0 aliphatic carbocycles. The van der Waals surface area contributed by atoms with Crippen molar-refractivity contribution in [2.75, 3.05) is 31.1 Å². The van der Waals surface area contributed by atoms with Gasteiger partial charge in [-0.15, -0.1) is 5.10 Å². The number of aromatic nitrogens is 5. The lowest BCUT2D eigenvalue weighted by Crippen LogP contribution is -2.49. The lowest BCUT2D eigenvalue weighted by atomic mass is 10.0. The van der Waals surface area contributed by atoms with Gasteiger partial charge in [0.2, 0.25) is 0 Å². The Morgan fingerprint density at radius 3 is 2.49 bits per heavy atom. The number of H-pyrrole nitrogens is 1. The molecular weight excluding hydrogens is 500 g/mol. The average Bonchev–Trinajstić information content (AvgIpc) is 3.39. The summed E-state index contributed by atoms with van der Waals surface area (Å²) in [5, 5.41) is 13.5. The molecule has 3 heterocycles. The molecule has 1 atom stereocenters. The van der Waals surface area contributed by atoms with Crippen LogP contribution in [0.2, 0.25) is 0 Å². The highest BCUT2D eigenvalue weighted by Crippen LogP contribution is 2.30. The van der Waals surface area contributed by atoms with Crippen molar-refractivity contribution in [3.05, 3.63) is 117 Å². The van der Waals surface area contributed by atoms with Crippen molar-refractivity contribution < 1.29 is 8.78 Å². The molecular formula is C29H27F2N7O. The first-order valence-electron chi connectivity index (χ1n) is 12.8. The summed E-state index contributed by atoms with van der Waals surface area (Å²) in [4.78, 5) is 20.8. The molecule has 1 N–H and O–H groups in total. The van der Waals surface area contributed by atoms with Crippen LogP contribution in [0.3, 0.4) is 0 Å². The second-order valence-electron chi connectivity index (χ2n) is 9.79. The third-order valence-corrected chi connectivity index (χ3v) is 7.33. The summed E-state index contributed by atoms with van der Waals surface area (Å²) in [6, 6.07) is 20.2. The van der Waals surface area contributed by atoms with Crippen LogP contribution in [-0.4, -0.2) is 56.3 Å². The molecule has 1 saturated heterocycles. The zero-order valence-electron chi connectivity index (χ0n) is 21.4. The number of fused-ring (bicyclic) bond motifs is 1. The van der Waals surface area contributed by atoms with E-state index in [4.69, 9.17) is 0 Å². The van der Waals surface area contributed by atoms with Crippen LogP contribution in [-0.2, 0) is 6.54 Å². The van der Waals surface area contributed by atoms with Gasteiger partial charge in [0.1, 0.15) is 17.7 Å². The Kier molecular flexibility index (Phi) is 6.62. The largest absolute Gasteiger partial charge is 0.367 e. The summed E-state index contributed by atoms with van der Waals surface area (Å²) in [5.74, 6) is -0.0671. The zero-order chi connectivity index (χ0) is 26.9. The number of hydrogen-bond donors (Lipinski definition) is 1. The van der Waals surface area contributed by atoms with Crippen molar-refractivity contribution in [2.24, 2.45) is 0 Å². The first-order valence-corrected chi connectivity index (χ1v) is 12.8. The molecule has 0 spiro atoms. The van der Waals surface area contributed by atoms with Gasteiger partial charge < -0.3 is 9.88 Å². The standard InChI is InChI=1S/C29H27F2N7O/c1-19-5-4-6-21-17-23(29(39)32-26(19)21)27(28-33-34-35-38(28)18-20-9-11-22(30)12-10-20)37-15-13-36(14-16-37)25-8-3-2-7-24(25)31/h2-12,17,27H,13-16,18H2,1H3,(H,32,39). The molecule has 2 aromatic heterocycles. The fourth-order valence-electron chi connectivity index (χ4n) is 5.31. The molecule has 1 fully saturated rings. The predicted molar refractivity (Wildman–Crippen MR) is 145 cm³/mol. The molecule has 198 valence electrons. The van der Waals surface area contributed by atoms with Crippen molar-refractivity contribution in [3.8, 4) is 0 Å². The van der Waals surface area contributed by atoms with Gasteiger partial charge in [-0.2, -0.15) is 0 Å². The molecule has 39 heavy (non-hydrogen) atoms. The van der Waals surface area contributed by atoms with Crippen molar-refractivity contribution in [3.63, 3.8) is 0 Å². The van der Waals surface area contributed by atoms with Gasteiger partial charge in [-0.05, 0) is 64.2 Å². The Morgan fingerprint density at radius 2 is 1.72 bits per heavy atom. The van der Waals surface area contributed by atoms with Gasteiger partial charge >= 0.3 is 0 Å². The molecule has 10 heteroatoms. The van der Waals surface area contributed by atoms with Crippen molar-refractivity contribution in [2.45, 2.75) is 19.5 Å². The van der Waals surface area contributed by atoms with Gasteiger partial charge in [-0.3, -0.25) is 9.69 Å². The van der Waals surface area contributed by atoms with Crippen LogP contribution in [0.5, 0.6) is 0 Å². The first kappa shape index (κ1) is 24.9. The molecule has 1 unspecified atom stereocenters. The van der Waals surface area contributed by atoms with Crippen LogP contribution < -0.4 is 10.5 Å². The van der Waals surface area contributed by atoms with Crippen molar-refractivity contribution in [1.29, 1.82) is 0 Å². The average molecular weight is 528 g/mol. The van der Waals surface area contributed by atoms with Crippen LogP contribution in [0, 0.1) is 18.6 Å². The summed E-state index contributed by atoms with van der Waals surface area (Å²) < 4.78 is 29.6. The minimum atomic E-state index is -0.545. The lowest BCUT2D eigenvalue weighted by molar-refractivity contribution is 0.200. The quantitative estimate of drug-likeness (QED) is 0.359. The Labute approximate surface area is 223 Å². The maximum Gasteiger partial charge on any atom is 0.253 e. The fourth-order valence-corrected chi connectivity index (χ4v) is 5.31. The van der Waals surface area contributed by atoms with E-state index in [0.29, 0.717) is 49.8 Å². The predicted octanol–water partition coefficient (Wildman–Crippen LogP) is 4.06. The number of para-hydroxylation sites is 2. The lowest BCUT2D eigenvalue weighted by Gasteiger charge is -2.39. The van der Waals surface area contributed by atoms with E-state index in [1.165, 1.54) is 18.2 Å². The highest BCUT2D eigenvalue weighted by Gasteiger charge is 2.33. The number of piperazine rings is 1. The molecule has 0 amide bonds. The van der Waals surface area contributed by atoms with Crippen LogP contribution >= 0.6 is 0 Å². The topological polar surface area (TPSA) is 82.9 Å². The van der Waals surface area contributed by atoms with Gasteiger partial charge in [0.05, 0.1) is 17.7 Å². The molecule has 0 radical (unpaired) electrons. The van der Waals surface area contributed by atoms with Crippen LogP contribution in [0.15, 0.2) is 77.6 Å². The minimum Gasteiger partial charge on any atom is -0.367 e. The number of aryl methyl sites for hydroxylation is 1. The van der Waals surface area contributed by atoms with E-state index < -0.39 is 6.04 Å². The van der Waals surface area contributed by atoms with E-state index in [0.717, 1.165) is 22.0 Å². The third kappa shape index (κ3) is 4.90. The van der Waals surface area contributed by atoms with Gasteiger partial charge in [0, 0.05) is 31.7 Å². The smallest absolute Gasteiger partial charge is 0.253 e. The summed E-state index contributed by atoms with van der Waals surface area (Å²) in [6.07, 6.45) is 0. The number of hydrogen-bond acceptors (Lipinski definition) is 6. The molecule has 0 saturated carbocycles. The molecule has 8 nitrogen and oxygen atoms in total. The summed E-state index contributed by atoms with van der Waals surface area (Å²) >= 11 is 0. The minimum absolute atomic E-state index is 0.213. The second-order valence-corrected chi connectivity index (χ2v) is 9.79. The first-order chi connectivity index (χ1) is 19.0. The number of aromatic amines is 1. The SMILES string of the molecule is Cc1cccc2cc(C(c3nnnn3Cc3ccc(F)cc3)N3CCN(c4ccccc4F)CC3)c(=O)[nH]c12. The Bertz CT molecular complexity index is 1670. The maximum atomic E-state index is 14.5. The summed E-state index contributed by atoms with van der Waals surface area (Å²) in [7, 11) is 0. The number of tetrazole rings is 1. The number of halogens is 2. The molecule has 1 aliphatic heterocycles. The van der Waals surface area contributed by atoms with E-state index in [9.17, 15) is 13.6 Å². The van der Waals surface area contributed by atoms with Crippen LogP contribution in [0.1, 0.15) is 28.6 Å². The van der Waals surface area contributed by atoms with E-state index in [2.05, 4.69) is 25.4 Å². The number of nitrogens with one attached hydrogen (secondary N) is 1. The molecule has 0 bridgehead atoms. The van der Waals surface area contributed by atoms with E-state index in [1.54, 1.807) is 28.9 Å². The Morgan fingerprint density at radius 1 is 0.949 bits per heavy atom. The van der Waals surface area contributed by atoms with E-state index in [-0.39, 0.29) is 17.2 Å².